The quantitative estimate of drug-likeness (QED) is 0.0471. The van der Waals surface area contributed by atoms with Crippen molar-refractivity contribution in [3.05, 3.63) is 356 Å². The van der Waals surface area contributed by atoms with E-state index in [0.29, 0.717) is 32.9 Å². The van der Waals surface area contributed by atoms with Crippen molar-refractivity contribution in [3.63, 3.8) is 0 Å². The summed E-state index contributed by atoms with van der Waals surface area (Å²) in [5, 5.41) is -2.47. The SMILES string of the molecule is [2H]c1c([2H])c([2H])c(-c2cnc(-n3c4ccccc4c4ccc(Oc5cccc(-n6[c-][n+](-c7c(-c8c([2H])c(-c9c([2H])c([2H])c([2H])c([2H])c9[2H])c([2H])c(-c9c([2H])c([2H])c([2H])c([2H])c9[2H])c8[2H])cccc7[Si](c7c([2H])c([2H])c([2H])c([2H])c7[2H])(c7c([2H])c([2H])c([2H])c([2H])c7[2H])c7c([2H])c([2H])c([2H])c([2H])c7[2H])c7ccc(-c8cc(C(C)(C)C)cc(C(C)(C)C)c8)cc76)c5)cc43)cc2C([2H])([2H])[2H])c([2H])c1[2H]. The molecule has 16 aromatic rings. The molecule has 6 heteroatoms. The predicted molar refractivity (Wildman–Crippen MR) is 415 cm³/mol. The van der Waals surface area contributed by atoms with E-state index in [1.54, 1.807) is 83.4 Å². The second-order valence-electron chi connectivity index (χ2n) is 25.4. The van der Waals surface area contributed by atoms with Gasteiger partial charge in [0.15, 0.2) is 8.07 Å². The maximum absolute atomic E-state index is 10.8. The fourth-order valence-electron chi connectivity index (χ4n) is 12.5. The third-order valence-electron chi connectivity index (χ3n) is 17.3. The number of imidazole rings is 1. The monoisotopic (exact) mass is 1330 g/mol. The lowest BCUT2D eigenvalue weighted by Crippen LogP contribution is -2.76. The Balaban J connectivity index is 1.09. The Kier molecular flexibility index (Phi) is 8.71. The van der Waals surface area contributed by atoms with Crippen molar-refractivity contribution in [3.8, 4) is 84.3 Å². The molecule has 3 aromatic heterocycles. The minimum absolute atomic E-state index is 0.0277. The van der Waals surface area contributed by atoms with E-state index in [1.807, 2.05) is 59.7 Å². The van der Waals surface area contributed by atoms with Gasteiger partial charge in [0.25, 0.3) is 6.33 Å². The van der Waals surface area contributed by atoms with E-state index in [9.17, 15) is 26.0 Å². The molecular formula is C93H76N4OSi. The predicted octanol–water partition coefficient (Wildman–Crippen LogP) is 20.6. The highest BCUT2D eigenvalue weighted by Crippen LogP contribution is 2.41. The molecule has 0 spiro atoms. The van der Waals surface area contributed by atoms with Gasteiger partial charge in [-0.15, -0.1) is 0 Å². The third-order valence-corrected chi connectivity index (χ3v) is 21.5. The van der Waals surface area contributed by atoms with Crippen LogP contribution in [0, 0.1) is 13.2 Å². The van der Waals surface area contributed by atoms with E-state index in [0.717, 1.165) is 29.5 Å². The summed E-state index contributed by atoms with van der Waals surface area (Å²) in [7, 11) is -6.56. The summed E-state index contributed by atoms with van der Waals surface area (Å²) in [6.45, 7) is 9.21. The van der Waals surface area contributed by atoms with Gasteiger partial charge in [0, 0.05) is 32.7 Å². The zero-order chi connectivity index (χ0) is 98.6. The van der Waals surface area contributed by atoms with Crippen LogP contribution in [0.5, 0.6) is 11.5 Å². The number of aryl methyl sites for hydroxylation is 1. The molecule has 16 rings (SSSR count). The number of fused-ring (bicyclic) bond motifs is 4. The first-order chi connectivity index (χ1) is 63.2. The molecule has 0 fully saturated rings. The molecule has 99 heavy (non-hydrogen) atoms. The smallest absolute Gasteiger partial charge is 0.269 e. The summed E-state index contributed by atoms with van der Waals surface area (Å²) in [5.41, 5.74) is -3.89. The first-order valence-electron chi connectivity index (χ1n) is 49.4. The first-order valence-corrected chi connectivity index (χ1v) is 33.4. The number of ether oxygens (including phenoxy) is 1. The zero-order valence-corrected chi connectivity index (χ0v) is 54.9. The number of nitrogens with zero attached hydrogens (tertiary/aromatic N) is 4. The molecule has 0 amide bonds. The van der Waals surface area contributed by atoms with Gasteiger partial charge in [0.2, 0.25) is 0 Å². The molecule has 0 unspecified atom stereocenters. The molecule has 0 N–H and O–H groups in total. The minimum Gasteiger partial charge on any atom is -0.458 e. The van der Waals surface area contributed by atoms with Crippen LogP contribution in [0.3, 0.4) is 0 Å². The van der Waals surface area contributed by atoms with Gasteiger partial charge >= 0.3 is 0 Å². The molecule has 3 heterocycles. The molecule has 0 radical (unpaired) electrons. The fraction of sp³-hybridized carbons (Fsp3) is 0.0968. The molecule has 0 bridgehead atoms. The van der Waals surface area contributed by atoms with Crippen LogP contribution < -0.4 is 30.1 Å². The van der Waals surface area contributed by atoms with Gasteiger partial charge in [0.1, 0.15) is 17.3 Å². The van der Waals surface area contributed by atoms with Crippen LogP contribution in [0.4, 0.5) is 0 Å². The van der Waals surface area contributed by atoms with Gasteiger partial charge < -0.3 is 4.74 Å². The number of pyridine rings is 1. The second kappa shape index (κ2) is 25.4. The maximum Gasteiger partial charge on any atom is 0.269 e. The highest BCUT2D eigenvalue weighted by Gasteiger charge is 2.44. The van der Waals surface area contributed by atoms with Crippen molar-refractivity contribution in [1.29, 1.82) is 0 Å². The van der Waals surface area contributed by atoms with Gasteiger partial charge in [-0.1, -0.05) is 296 Å². The molecule has 0 aliphatic carbocycles. The average molecular weight is 1330 g/mol. The number of para-hydroxylation sites is 2. The van der Waals surface area contributed by atoms with E-state index in [1.165, 1.54) is 21.3 Å². The van der Waals surface area contributed by atoms with E-state index < -0.39 is 296 Å². The Morgan fingerprint density at radius 1 is 0.434 bits per heavy atom. The topological polar surface area (TPSA) is 35.9 Å². The summed E-state index contributed by atoms with van der Waals surface area (Å²) in [5.74, 6) is 0.230. The Morgan fingerprint density at radius 3 is 1.58 bits per heavy atom. The average Bonchev–Trinajstić information content (AvgIpc) is 1.39. The fourth-order valence-corrected chi connectivity index (χ4v) is 16.5. The van der Waals surface area contributed by atoms with Crippen LogP contribution in [-0.2, 0) is 10.8 Å². The third kappa shape index (κ3) is 11.6. The van der Waals surface area contributed by atoms with Crippen molar-refractivity contribution in [2.75, 3.05) is 0 Å². The highest BCUT2D eigenvalue weighted by atomic mass is 28.3. The number of rotatable bonds is 14. The molecule has 0 saturated carbocycles. The minimum atomic E-state index is -6.56. The number of hydrogen-bond acceptors (Lipinski definition) is 2. The van der Waals surface area contributed by atoms with E-state index in [-0.39, 0.29) is 39.6 Å². The molecule has 0 aliphatic rings. The molecule has 13 aromatic carbocycles. The van der Waals surface area contributed by atoms with Crippen molar-refractivity contribution >= 4 is 61.7 Å². The number of hydrogen-bond donors (Lipinski definition) is 0. The van der Waals surface area contributed by atoms with Crippen molar-refractivity contribution < 1.29 is 58.7 Å². The maximum atomic E-state index is 10.8. The normalized spacial score (nSPS) is 17.2. The summed E-state index contributed by atoms with van der Waals surface area (Å²) in [6, 6.07) is -0.277. The first kappa shape index (κ1) is 34.0. The molecule has 0 saturated heterocycles. The Bertz CT molecular complexity index is 7430. The van der Waals surface area contributed by atoms with Gasteiger partial charge in [0.05, 0.1) is 78.7 Å². The van der Waals surface area contributed by atoms with Gasteiger partial charge in [-0.05, 0) is 172 Å². The molecular weight excluding hydrogens is 1220 g/mol. The Morgan fingerprint density at radius 2 is 0.980 bits per heavy atom. The molecule has 0 aliphatic heterocycles. The van der Waals surface area contributed by atoms with Crippen LogP contribution in [0.2, 0.25) is 0 Å². The summed E-state index contributed by atoms with van der Waals surface area (Å²) < 4.78 is 352. The van der Waals surface area contributed by atoms with Crippen LogP contribution in [-0.4, -0.2) is 22.2 Å². The lowest BCUT2D eigenvalue weighted by atomic mass is 9.79. The second-order valence-corrected chi connectivity index (χ2v) is 29.0. The lowest BCUT2D eigenvalue weighted by molar-refractivity contribution is -0.570. The summed E-state index contributed by atoms with van der Waals surface area (Å²) >= 11 is 0. The molecule has 0 atom stereocenters. The van der Waals surface area contributed by atoms with E-state index in [2.05, 4.69) is 12.4 Å². The van der Waals surface area contributed by atoms with Crippen molar-refractivity contribution in [1.82, 2.24) is 14.1 Å². The zero-order valence-electron chi connectivity index (χ0n) is 89.9. The van der Waals surface area contributed by atoms with Crippen LogP contribution in [0.1, 0.15) is 108 Å². The number of benzene rings is 13. The summed E-state index contributed by atoms with van der Waals surface area (Å²) in [4.78, 5) is 4.74. The largest absolute Gasteiger partial charge is 0.458 e. The van der Waals surface area contributed by atoms with Gasteiger partial charge in [-0.3, -0.25) is 13.7 Å². The Labute approximate surface area is 632 Å². The number of aromatic nitrogens is 4. The molecule has 478 valence electrons. The molecule has 5 nitrogen and oxygen atoms in total. The Hall–Kier alpha value is -11.7. The summed E-state index contributed by atoms with van der Waals surface area (Å²) in [6.07, 6.45) is 4.58. The highest BCUT2D eigenvalue weighted by molar-refractivity contribution is 7.20. The van der Waals surface area contributed by atoms with Crippen LogP contribution in [0.15, 0.2) is 333 Å². The van der Waals surface area contributed by atoms with Crippen LogP contribution >= 0.6 is 0 Å². The van der Waals surface area contributed by atoms with Gasteiger partial charge in [-0.25, -0.2) is 4.98 Å². The van der Waals surface area contributed by atoms with E-state index >= 15 is 0 Å². The van der Waals surface area contributed by atoms with Crippen LogP contribution in [0.25, 0.3) is 106 Å². The van der Waals surface area contributed by atoms with E-state index in [4.69, 9.17) is 33.0 Å². The van der Waals surface area contributed by atoms with Crippen molar-refractivity contribution in [2.24, 2.45) is 0 Å². The standard InChI is InChI=1S/C93H76N4OSi/c1-64-52-90(94-62-84(64)67-34-18-10-19-35-67)97-85-46-27-26-44-82(85)83-50-49-77(61-87(83)97)98-76-37-28-36-75(60-76)95-63-96(86-51-48-68(58-88(86)95)71-56-73(92(2,3)4)59-74(57-71)93(5,6)7)91-81(72-54-69(65-30-14-8-15-31-65)53-70(55-72)66-32-16-9-17-33-66)45-29-47-89(91)99(78-38-20-11-21-39-78,79-40-22-12-23-41-79)80-42-24-13-25-43-80/h8-62H,1-7H3/i1D3,8D,9D,10D,11D,12D,13D,14D,15D,16D,17D,18D,19D,20D,21D,22D,23D,24D,25D,30D,31D,32D,33D,34D,35D,38D,39D,40D,41D,42D,43D,53D,54D,55D. The lowest BCUT2D eigenvalue weighted by Gasteiger charge is -2.37. The van der Waals surface area contributed by atoms with Crippen molar-refractivity contribution in [2.45, 2.75) is 59.2 Å². The van der Waals surface area contributed by atoms with Gasteiger partial charge in [-0.2, -0.15) is 0 Å².